The van der Waals surface area contributed by atoms with Gasteiger partial charge in [-0.15, -0.1) is 0 Å². The van der Waals surface area contributed by atoms with Crippen LogP contribution in [0.25, 0.3) is 0 Å². The molecule has 0 aliphatic heterocycles. The van der Waals surface area contributed by atoms with Gasteiger partial charge in [0.1, 0.15) is 11.8 Å². The summed E-state index contributed by atoms with van der Waals surface area (Å²) in [5, 5.41) is 14.2. The third-order valence-corrected chi connectivity index (χ3v) is 2.24. The number of hydrogen-bond acceptors (Lipinski definition) is 4. The van der Waals surface area contributed by atoms with E-state index in [1.807, 2.05) is 31.2 Å². The molecule has 0 aliphatic carbocycles. The molecule has 18 heavy (non-hydrogen) atoms. The highest BCUT2D eigenvalue weighted by molar-refractivity contribution is 5.77. The molecule has 0 unspecified atom stereocenters. The predicted molar refractivity (Wildman–Crippen MR) is 67.9 cm³/mol. The summed E-state index contributed by atoms with van der Waals surface area (Å²) in [5.74, 6) is 0.635. The second-order valence-electron chi connectivity index (χ2n) is 3.61. The zero-order valence-electron chi connectivity index (χ0n) is 10.4. The van der Waals surface area contributed by atoms with Gasteiger partial charge in [-0.3, -0.25) is 4.79 Å². The van der Waals surface area contributed by atoms with Crippen molar-refractivity contribution in [2.75, 3.05) is 19.7 Å². The zero-order chi connectivity index (χ0) is 13.2. The molecule has 0 radical (unpaired) electrons. The number of carbonyl (C=O) groups excluding carboxylic acids is 1. The van der Waals surface area contributed by atoms with Crippen LogP contribution in [0, 0.1) is 11.3 Å². The molecule has 2 N–H and O–H groups in total. The summed E-state index contributed by atoms with van der Waals surface area (Å²) >= 11 is 0. The number of ether oxygens (including phenoxy) is 1. The number of benzene rings is 1. The molecule has 5 nitrogen and oxygen atoms in total. The maximum atomic E-state index is 11.2. The number of para-hydroxylation sites is 1. The summed E-state index contributed by atoms with van der Waals surface area (Å²) in [7, 11) is 0. The Kier molecular flexibility index (Phi) is 6.30. The SMILES string of the molecule is CCNC(=O)CNCc1ccccc1OCC#N. The summed E-state index contributed by atoms with van der Waals surface area (Å²) in [6.07, 6.45) is 0. The van der Waals surface area contributed by atoms with E-state index in [0.29, 0.717) is 18.8 Å². The maximum Gasteiger partial charge on any atom is 0.233 e. The lowest BCUT2D eigenvalue weighted by Gasteiger charge is -2.10. The van der Waals surface area contributed by atoms with Crippen LogP contribution in [0.4, 0.5) is 0 Å². The third kappa shape index (κ3) is 4.85. The van der Waals surface area contributed by atoms with Crippen molar-refractivity contribution < 1.29 is 9.53 Å². The quantitative estimate of drug-likeness (QED) is 0.748. The second-order valence-corrected chi connectivity index (χ2v) is 3.61. The highest BCUT2D eigenvalue weighted by atomic mass is 16.5. The van der Waals surface area contributed by atoms with E-state index in [4.69, 9.17) is 10.00 Å². The predicted octanol–water partition coefficient (Wildman–Crippen LogP) is 0.815. The molecule has 1 aromatic carbocycles. The minimum Gasteiger partial charge on any atom is -0.478 e. The molecule has 0 saturated heterocycles. The Morgan fingerprint density at radius 2 is 2.22 bits per heavy atom. The van der Waals surface area contributed by atoms with Crippen LogP contribution in [-0.4, -0.2) is 25.6 Å². The van der Waals surface area contributed by atoms with E-state index in [-0.39, 0.29) is 19.1 Å². The Bertz CT molecular complexity index is 426. The average molecular weight is 247 g/mol. The molecule has 0 saturated carbocycles. The van der Waals surface area contributed by atoms with E-state index in [9.17, 15) is 4.79 Å². The number of nitriles is 1. The molecule has 96 valence electrons. The number of nitrogens with one attached hydrogen (secondary N) is 2. The van der Waals surface area contributed by atoms with Gasteiger partial charge in [-0.25, -0.2) is 0 Å². The monoisotopic (exact) mass is 247 g/mol. The van der Waals surface area contributed by atoms with Crippen LogP contribution in [-0.2, 0) is 11.3 Å². The van der Waals surface area contributed by atoms with Gasteiger partial charge >= 0.3 is 0 Å². The van der Waals surface area contributed by atoms with Gasteiger partial charge in [-0.05, 0) is 13.0 Å². The zero-order valence-corrected chi connectivity index (χ0v) is 10.4. The largest absolute Gasteiger partial charge is 0.478 e. The lowest BCUT2D eigenvalue weighted by molar-refractivity contribution is -0.120. The number of hydrogen-bond donors (Lipinski definition) is 2. The summed E-state index contributed by atoms with van der Waals surface area (Å²) in [4.78, 5) is 11.2. The van der Waals surface area contributed by atoms with E-state index in [0.717, 1.165) is 5.56 Å². The first-order valence-corrected chi connectivity index (χ1v) is 5.83. The normalized spacial score (nSPS) is 9.56. The fraction of sp³-hybridized carbons (Fsp3) is 0.385. The Morgan fingerprint density at radius 1 is 1.44 bits per heavy atom. The van der Waals surface area contributed by atoms with Crippen molar-refractivity contribution in [1.29, 1.82) is 5.26 Å². The van der Waals surface area contributed by atoms with E-state index < -0.39 is 0 Å². The first kappa shape index (κ1) is 14.0. The van der Waals surface area contributed by atoms with E-state index in [1.54, 1.807) is 6.07 Å². The molecule has 0 spiro atoms. The summed E-state index contributed by atoms with van der Waals surface area (Å²) in [5.41, 5.74) is 0.928. The fourth-order valence-corrected chi connectivity index (χ4v) is 1.47. The van der Waals surface area contributed by atoms with Gasteiger partial charge in [0.15, 0.2) is 6.61 Å². The van der Waals surface area contributed by atoms with E-state index >= 15 is 0 Å². The lowest BCUT2D eigenvalue weighted by Crippen LogP contribution is -2.33. The van der Waals surface area contributed by atoms with Crippen molar-refractivity contribution in [3.05, 3.63) is 29.8 Å². The van der Waals surface area contributed by atoms with Gasteiger partial charge in [0.2, 0.25) is 5.91 Å². The van der Waals surface area contributed by atoms with Crippen molar-refractivity contribution in [2.45, 2.75) is 13.5 Å². The van der Waals surface area contributed by atoms with Gasteiger partial charge in [-0.1, -0.05) is 18.2 Å². The van der Waals surface area contributed by atoms with Gasteiger partial charge in [0.25, 0.3) is 0 Å². The topological polar surface area (TPSA) is 74.2 Å². The summed E-state index contributed by atoms with van der Waals surface area (Å²) in [6.45, 7) is 3.32. The van der Waals surface area contributed by atoms with Crippen LogP contribution >= 0.6 is 0 Å². The molecule has 0 fully saturated rings. The molecular weight excluding hydrogens is 230 g/mol. The first-order chi connectivity index (χ1) is 8.77. The van der Waals surface area contributed by atoms with Crippen LogP contribution in [0.5, 0.6) is 5.75 Å². The van der Waals surface area contributed by atoms with Crippen molar-refractivity contribution in [1.82, 2.24) is 10.6 Å². The molecule has 1 rings (SSSR count). The number of amides is 1. The summed E-state index contributed by atoms with van der Waals surface area (Å²) < 4.78 is 5.29. The maximum absolute atomic E-state index is 11.2. The fourth-order valence-electron chi connectivity index (χ4n) is 1.47. The van der Waals surface area contributed by atoms with Crippen LogP contribution in [0.2, 0.25) is 0 Å². The Hall–Kier alpha value is -2.06. The van der Waals surface area contributed by atoms with Gasteiger partial charge in [-0.2, -0.15) is 5.26 Å². The number of rotatable bonds is 7. The van der Waals surface area contributed by atoms with Gasteiger partial charge < -0.3 is 15.4 Å². The highest BCUT2D eigenvalue weighted by Crippen LogP contribution is 2.17. The number of likely N-dealkylation sites (N-methyl/N-ethyl adjacent to an activating group) is 1. The molecule has 0 aliphatic rings. The first-order valence-electron chi connectivity index (χ1n) is 5.83. The molecule has 0 bridgehead atoms. The van der Waals surface area contributed by atoms with Crippen molar-refractivity contribution in [2.24, 2.45) is 0 Å². The molecule has 1 amide bonds. The molecule has 0 heterocycles. The third-order valence-electron chi connectivity index (χ3n) is 2.24. The van der Waals surface area contributed by atoms with Crippen LogP contribution in [0.3, 0.4) is 0 Å². The second kappa shape index (κ2) is 8.09. The molecular formula is C13H17N3O2. The number of nitrogens with zero attached hydrogens (tertiary/aromatic N) is 1. The van der Waals surface area contributed by atoms with Crippen molar-refractivity contribution >= 4 is 5.91 Å². The standard InChI is InChI=1S/C13H17N3O2/c1-2-16-13(17)10-15-9-11-5-3-4-6-12(11)18-8-7-14/h3-6,15H,2,8-10H2,1H3,(H,16,17). The van der Waals surface area contributed by atoms with Crippen molar-refractivity contribution in [3.63, 3.8) is 0 Å². The molecule has 5 heteroatoms. The summed E-state index contributed by atoms with van der Waals surface area (Å²) in [6, 6.07) is 9.37. The smallest absolute Gasteiger partial charge is 0.233 e. The Labute approximate surface area is 107 Å². The van der Waals surface area contributed by atoms with E-state index in [1.165, 1.54) is 0 Å². The molecule has 1 aromatic rings. The van der Waals surface area contributed by atoms with Crippen LogP contribution in [0.1, 0.15) is 12.5 Å². The minimum atomic E-state index is -0.0343. The Balaban J connectivity index is 2.46. The van der Waals surface area contributed by atoms with E-state index in [2.05, 4.69) is 10.6 Å². The molecule has 0 aromatic heterocycles. The molecule has 0 atom stereocenters. The van der Waals surface area contributed by atoms with Gasteiger partial charge in [0.05, 0.1) is 6.54 Å². The minimum absolute atomic E-state index is 0.0212. The van der Waals surface area contributed by atoms with Crippen LogP contribution in [0.15, 0.2) is 24.3 Å². The van der Waals surface area contributed by atoms with Crippen molar-refractivity contribution in [3.8, 4) is 11.8 Å². The number of carbonyl (C=O) groups is 1. The highest BCUT2D eigenvalue weighted by Gasteiger charge is 2.03. The average Bonchev–Trinajstić information content (AvgIpc) is 2.38. The van der Waals surface area contributed by atoms with Gasteiger partial charge in [0, 0.05) is 18.7 Å². The van der Waals surface area contributed by atoms with Crippen LogP contribution < -0.4 is 15.4 Å². The Morgan fingerprint density at radius 3 is 2.94 bits per heavy atom. The lowest BCUT2D eigenvalue weighted by atomic mass is 10.2.